The number of rotatable bonds is 2. The van der Waals surface area contributed by atoms with Crippen LogP contribution in [0.4, 0.5) is 0 Å². The third-order valence-electron chi connectivity index (χ3n) is 4.45. The topological polar surface area (TPSA) is 26.3 Å². The van der Waals surface area contributed by atoms with E-state index in [2.05, 4.69) is 13.8 Å². The van der Waals surface area contributed by atoms with Crippen LogP contribution in [0.3, 0.4) is 0 Å². The molecule has 1 saturated heterocycles. The number of fused-ring (bicyclic) bond motifs is 1. The number of benzene rings is 2. The van der Waals surface area contributed by atoms with Crippen molar-refractivity contribution in [2.24, 2.45) is 5.92 Å². The van der Waals surface area contributed by atoms with Gasteiger partial charge in [0, 0.05) is 5.56 Å². The second-order valence-electron chi connectivity index (χ2n) is 7.11. The summed E-state index contributed by atoms with van der Waals surface area (Å²) in [6.45, 7) is 8.17. The molecule has 0 aromatic heterocycles. The number of hydrogen-bond acceptors (Lipinski definition) is 2. The van der Waals surface area contributed by atoms with Crippen LogP contribution in [0.25, 0.3) is 10.8 Å². The summed E-state index contributed by atoms with van der Waals surface area (Å²) in [5.74, 6) is 0.0979. The van der Waals surface area contributed by atoms with E-state index in [0.29, 0.717) is 0 Å². The standard InChI is InChI=1S/C19H22O2/c1-18(2)12-16(19(3,4)21-18)17(20)15-11-7-9-13-8-5-6-10-14(13)15/h5-11,16H,12H2,1-4H3. The molecule has 1 aliphatic heterocycles. The SMILES string of the molecule is CC1(C)CC(C(=O)c2cccc3ccccc23)C(C)(C)O1. The summed E-state index contributed by atoms with van der Waals surface area (Å²) in [6.07, 6.45) is 0.766. The van der Waals surface area contributed by atoms with Crippen LogP contribution >= 0.6 is 0 Å². The second-order valence-corrected chi connectivity index (χ2v) is 7.11. The van der Waals surface area contributed by atoms with E-state index in [1.807, 2.05) is 56.3 Å². The average Bonchev–Trinajstić information content (AvgIpc) is 2.65. The fourth-order valence-corrected chi connectivity index (χ4v) is 3.60. The summed E-state index contributed by atoms with van der Waals surface area (Å²) in [5.41, 5.74) is 0.152. The maximum absolute atomic E-state index is 13.1. The molecule has 21 heavy (non-hydrogen) atoms. The van der Waals surface area contributed by atoms with Crippen molar-refractivity contribution in [3.05, 3.63) is 48.0 Å². The molecule has 0 spiro atoms. The number of carbonyl (C=O) groups is 1. The minimum Gasteiger partial charge on any atom is -0.369 e. The molecule has 3 rings (SSSR count). The minimum atomic E-state index is -0.419. The van der Waals surface area contributed by atoms with Crippen LogP contribution < -0.4 is 0 Å². The Kier molecular flexibility index (Phi) is 3.18. The molecular weight excluding hydrogens is 260 g/mol. The zero-order valence-corrected chi connectivity index (χ0v) is 13.1. The molecule has 0 saturated carbocycles. The Balaban J connectivity index is 2.06. The van der Waals surface area contributed by atoms with Crippen LogP contribution in [0.15, 0.2) is 42.5 Å². The Labute approximate surface area is 126 Å². The number of hydrogen-bond donors (Lipinski definition) is 0. The van der Waals surface area contributed by atoms with Crippen LogP contribution in [-0.4, -0.2) is 17.0 Å². The predicted octanol–water partition coefficient (Wildman–Crippen LogP) is 4.62. The molecule has 0 aliphatic carbocycles. The van der Waals surface area contributed by atoms with Gasteiger partial charge in [0.15, 0.2) is 5.78 Å². The summed E-state index contributed by atoms with van der Waals surface area (Å²) in [7, 11) is 0. The molecule has 2 aromatic carbocycles. The smallest absolute Gasteiger partial charge is 0.169 e. The van der Waals surface area contributed by atoms with Gasteiger partial charge in [-0.3, -0.25) is 4.79 Å². The van der Waals surface area contributed by atoms with E-state index < -0.39 is 5.60 Å². The van der Waals surface area contributed by atoms with Crippen LogP contribution in [0.5, 0.6) is 0 Å². The Morgan fingerprint density at radius 3 is 2.38 bits per heavy atom. The first-order valence-corrected chi connectivity index (χ1v) is 7.52. The first-order chi connectivity index (χ1) is 9.80. The van der Waals surface area contributed by atoms with Crippen LogP contribution in [0, 0.1) is 5.92 Å². The van der Waals surface area contributed by atoms with E-state index in [1.165, 1.54) is 0 Å². The van der Waals surface area contributed by atoms with Gasteiger partial charge in [0.1, 0.15) is 0 Å². The zero-order chi connectivity index (χ0) is 15.3. The zero-order valence-electron chi connectivity index (χ0n) is 13.1. The van der Waals surface area contributed by atoms with Crippen molar-refractivity contribution in [2.45, 2.75) is 45.3 Å². The van der Waals surface area contributed by atoms with Gasteiger partial charge in [-0.1, -0.05) is 42.5 Å². The van der Waals surface area contributed by atoms with E-state index in [9.17, 15) is 4.79 Å². The van der Waals surface area contributed by atoms with Gasteiger partial charge >= 0.3 is 0 Å². The van der Waals surface area contributed by atoms with Crippen molar-refractivity contribution < 1.29 is 9.53 Å². The molecule has 1 atom stereocenters. The van der Waals surface area contributed by atoms with Crippen molar-refractivity contribution in [1.29, 1.82) is 0 Å². The minimum absolute atomic E-state index is 0.0988. The van der Waals surface area contributed by atoms with Gasteiger partial charge in [-0.15, -0.1) is 0 Å². The molecule has 1 heterocycles. The van der Waals surface area contributed by atoms with Crippen molar-refractivity contribution in [1.82, 2.24) is 0 Å². The van der Waals surface area contributed by atoms with Gasteiger partial charge in [-0.05, 0) is 44.9 Å². The Morgan fingerprint density at radius 2 is 1.71 bits per heavy atom. The lowest BCUT2D eigenvalue weighted by Crippen LogP contribution is -2.33. The van der Waals surface area contributed by atoms with Crippen LogP contribution in [0.2, 0.25) is 0 Å². The van der Waals surface area contributed by atoms with Gasteiger partial charge in [0.25, 0.3) is 0 Å². The first-order valence-electron chi connectivity index (χ1n) is 7.52. The number of ketones is 1. The lowest BCUT2D eigenvalue weighted by atomic mass is 9.81. The van der Waals surface area contributed by atoms with Gasteiger partial charge in [-0.2, -0.15) is 0 Å². The molecule has 0 bridgehead atoms. The molecule has 0 radical (unpaired) electrons. The number of ether oxygens (including phenoxy) is 1. The Hall–Kier alpha value is -1.67. The molecule has 2 nitrogen and oxygen atoms in total. The highest BCUT2D eigenvalue weighted by Crippen LogP contribution is 2.43. The van der Waals surface area contributed by atoms with E-state index in [-0.39, 0.29) is 17.3 Å². The van der Waals surface area contributed by atoms with E-state index in [1.54, 1.807) is 0 Å². The second kappa shape index (κ2) is 4.67. The lowest BCUT2D eigenvalue weighted by Gasteiger charge is -2.26. The maximum atomic E-state index is 13.1. The highest BCUT2D eigenvalue weighted by atomic mass is 16.5. The molecule has 1 unspecified atom stereocenters. The third kappa shape index (κ3) is 2.49. The summed E-state index contributed by atoms with van der Waals surface area (Å²) in [5, 5.41) is 2.14. The molecule has 0 amide bonds. The van der Waals surface area contributed by atoms with Gasteiger partial charge in [0.05, 0.1) is 17.1 Å². The van der Waals surface area contributed by atoms with Crippen molar-refractivity contribution >= 4 is 16.6 Å². The lowest BCUT2D eigenvalue weighted by molar-refractivity contribution is -0.0712. The normalized spacial score (nSPS) is 23.3. The van der Waals surface area contributed by atoms with Crippen LogP contribution in [-0.2, 0) is 4.74 Å². The predicted molar refractivity (Wildman–Crippen MR) is 85.6 cm³/mol. The highest BCUT2D eigenvalue weighted by Gasteiger charge is 2.49. The molecule has 2 heteroatoms. The average molecular weight is 282 g/mol. The molecule has 1 aliphatic rings. The molecule has 110 valence electrons. The van der Waals surface area contributed by atoms with Crippen molar-refractivity contribution in [3.8, 4) is 0 Å². The largest absolute Gasteiger partial charge is 0.369 e. The summed E-state index contributed by atoms with van der Waals surface area (Å²) >= 11 is 0. The Morgan fingerprint density at radius 1 is 1.05 bits per heavy atom. The number of Topliss-reactive ketones (excluding diaryl/α,β-unsaturated/α-hetero) is 1. The quantitative estimate of drug-likeness (QED) is 0.751. The first kappa shape index (κ1) is 14.3. The van der Waals surface area contributed by atoms with Gasteiger partial charge in [-0.25, -0.2) is 0 Å². The summed E-state index contributed by atoms with van der Waals surface area (Å²) in [4.78, 5) is 13.1. The van der Waals surface area contributed by atoms with E-state index >= 15 is 0 Å². The third-order valence-corrected chi connectivity index (χ3v) is 4.45. The fourth-order valence-electron chi connectivity index (χ4n) is 3.60. The number of carbonyl (C=O) groups excluding carboxylic acids is 1. The summed E-state index contributed by atoms with van der Waals surface area (Å²) in [6, 6.07) is 14.0. The fraction of sp³-hybridized carbons (Fsp3) is 0.421. The molecular formula is C19H22O2. The monoisotopic (exact) mass is 282 g/mol. The maximum Gasteiger partial charge on any atom is 0.169 e. The van der Waals surface area contributed by atoms with Gasteiger partial charge in [0.2, 0.25) is 0 Å². The molecule has 2 aromatic rings. The van der Waals surface area contributed by atoms with Gasteiger partial charge < -0.3 is 4.74 Å². The van der Waals surface area contributed by atoms with Crippen molar-refractivity contribution in [2.75, 3.05) is 0 Å². The van der Waals surface area contributed by atoms with Crippen LogP contribution in [0.1, 0.15) is 44.5 Å². The summed E-state index contributed by atoms with van der Waals surface area (Å²) < 4.78 is 6.08. The van der Waals surface area contributed by atoms with Crippen molar-refractivity contribution in [3.63, 3.8) is 0 Å². The van der Waals surface area contributed by atoms with E-state index in [0.717, 1.165) is 22.8 Å². The Bertz CT molecular complexity index is 692. The molecule has 1 fully saturated rings. The molecule has 0 N–H and O–H groups in total. The van der Waals surface area contributed by atoms with E-state index in [4.69, 9.17) is 4.74 Å². The highest BCUT2D eigenvalue weighted by molar-refractivity contribution is 6.09.